The van der Waals surface area contributed by atoms with Crippen LogP contribution in [0.15, 0.2) is 36.7 Å². The second-order valence-corrected chi connectivity index (χ2v) is 5.57. The van der Waals surface area contributed by atoms with Crippen LogP contribution in [0.1, 0.15) is 11.3 Å². The van der Waals surface area contributed by atoms with Crippen molar-refractivity contribution in [3.05, 3.63) is 47.9 Å². The SMILES string of the molecule is COc1ncnc2c1CN(CC(O)COc1ccccc1)CC2. The van der Waals surface area contributed by atoms with Crippen LogP contribution in [0.25, 0.3) is 0 Å². The molecule has 0 aliphatic carbocycles. The standard InChI is InChI=1S/C17H21N3O3/c1-22-17-15-10-20(8-7-16(15)18-12-19-17)9-13(21)11-23-14-5-3-2-4-6-14/h2-6,12-13,21H,7-11H2,1H3. The van der Waals surface area contributed by atoms with Gasteiger partial charge >= 0.3 is 0 Å². The molecule has 6 heteroatoms. The van der Waals surface area contributed by atoms with E-state index >= 15 is 0 Å². The van der Waals surface area contributed by atoms with E-state index in [2.05, 4.69) is 14.9 Å². The van der Waals surface area contributed by atoms with Crippen LogP contribution in [0.2, 0.25) is 0 Å². The number of benzene rings is 1. The molecule has 0 saturated heterocycles. The minimum atomic E-state index is -0.549. The Morgan fingerprint density at radius 2 is 2.09 bits per heavy atom. The highest BCUT2D eigenvalue weighted by Crippen LogP contribution is 2.24. The number of para-hydroxylation sites is 1. The topological polar surface area (TPSA) is 67.7 Å². The first kappa shape index (κ1) is 15.7. The van der Waals surface area contributed by atoms with Gasteiger partial charge in [-0.2, -0.15) is 0 Å². The van der Waals surface area contributed by atoms with Crippen molar-refractivity contribution in [1.82, 2.24) is 14.9 Å². The fraction of sp³-hybridized carbons (Fsp3) is 0.412. The van der Waals surface area contributed by atoms with Gasteiger partial charge in [0.1, 0.15) is 24.8 Å². The molecule has 1 unspecified atom stereocenters. The van der Waals surface area contributed by atoms with E-state index in [1.807, 2.05) is 30.3 Å². The van der Waals surface area contributed by atoms with Crippen LogP contribution in [-0.2, 0) is 13.0 Å². The summed E-state index contributed by atoms with van der Waals surface area (Å²) in [6, 6.07) is 9.52. The molecule has 2 heterocycles. The molecule has 23 heavy (non-hydrogen) atoms. The number of hydrogen-bond donors (Lipinski definition) is 1. The molecule has 0 radical (unpaired) electrons. The molecule has 0 saturated carbocycles. The predicted molar refractivity (Wildman–Crippen MR) is 85.5 cm³/mol. The van der Waals surface area contributed by atoms with Gasteiger partial charge in [-0.25, -0.2) is 9.97 Å². The highest BCUT2D eigenvalue weighted by molar-refractivity contribution is 5.31. The summed E-state index contributed by atoms with van der Waals surface area (Å²) < 4.78 is 10.9. The summed E-state index contributed by atoms with van der Waals surface area (Å²) in [4.78, 5) is 10.6. The summed E-state index contributed by atoms with van der Waals surface area (Å²) in [6.45, 7) is 2.36. The highest BCUT2D eigenvalue weighted by Gasteiger charge is 2.23. The Bertz CT molecular complexity index is 622. The number of aliphatic hydroxyl groups is 1. The predicted octanol–water partition coefficient (Wildman–Crippen LogP) is 1.28. The maximum Gasteiger partial charge on any atom is 0.220 e. The Balaban J connectivity index is 1.54. The third kappa shape index (κ3) is 3.97. The number of nitrogens with zero attached hydrogens (tertiary/aromatic N) is 3. The average Bonchev–Trinajstić information content (AvgIpc) is 2.60. The van der Waals surface area contributed by atoms with Crippen molar-refractivity contribution in [2.75, 3.05) is 26.8 Å². The monoisotopic (exact) mass is 315 g/mol. The maximum atomic E-state index is 10.2. The van der Waals surface area contributed by atoms with Gasteiger partial charge in [0, 0.05) is 31.6 Å². The molecule has 0 spiro atoms. The van der Waals surface area contributed by atoms with Crippen LogP contribution in [0.3, 0.4) is 0 Å². The second-order valence-electron chi connectivity index (χ2n) is 5.57. The third-order valence-corrected chi connectivity index (χ3v) is 3.89. The Morgan fingerprint density at radius 3 is 2.87 bits per heavy atom. The maximum absolute atomic E-state index is 10.2. The Labute approximate surface area is 135 Å². The van der Waals surface area contributed by atoms with Gasteiger partial charge < -0.3 is 14.6 Å². The number of methoxy groups -OCH3 is 1. The first-order chi connectivity index (χ1) is 11.3. The molecule has 1 N–H and O–H groups in total. The molecule has 0 fully saturated rings. The van der Waals surface area contributed by atoms with Gasteiger partial charge in [-0.1, -0.05) is 18.2 Å². The van der Waals surface area contributed by atoms with E-state index in [9.17, 15) is 5.11 Å². The number of aromatic nitrogens is 2. The molecule has 1 aliphatic heterocycles. The largest absolute Gasteiger partial charge is 0.491 e. The molecule has 1 aliphatic rings. The lowest BCUT2D eigenvalue weighted by Gasteiger charge is -2.30. The van der Waals surface area contributed by atoms with Crippen LogP contribution in [0.4, 0.5) is 0 Å². The third-order valence-electron chi connectivity index (χ3n) is 3.89. The van der Waals surface area contributed by atoms with E-state index in [0.29, 0.717) is 19.0 Å². The summed E-state index contributed by atoms with van der Waals surface area (Å²) in [7, 11) is 1.62. The lowest BCUT2D eigenvalue weighted by Crippen LogP contribution is -2.39. The fourth-order valence-corrected chi connectivity index (χ4v) is 2.76. The summed E-state index contributed by atoms with van der Waals surface area (Å²) in [6.07, 6.45) is 1.82. The van der Waals surface area contributed by atoms with E-state index in [-0.39, 0.29) is 6.61 Å². The Kier molecular flexibility index (Phi) is 5.05. The molecule has 0 amide bonds. The van der Waals surface area contributed by atoms with Gasteiger partial charge in [-0.05, 0) is 12.1 Å². The lowest BCUT2D eigenvalue weighted by molar-refractivity contribution is 0.0630. The van der Waals surface area contributed by atoms with Gasteiger partial charge in [-0.15, -0.1) is 0 Å². The van der Waals surface area contributed by atoms with E-state index in [0.717, 1.165) is 30.0 Å². The van der Waals surface area contributed by atoms with Crippen molar-refractivity contribution in [1.29, 1.82) is 0 Å². The fourth-order valence-electron chi connectivity index (χ4n) is 2.76. The van der Waals surface area contributed by atoms with Gasteiger partial charge in [-0.3, -0.25) is 4.90 Å². The van der Waals surface area contributed by atoms with Crippen molar-refractivity contribution in [2.45, 2.75) is 19.1 Å². The van der Waals surface area contributed by atoms with E-state index < -0.39 is 6.10 Å². The van der Waals surface area contributed by atoms with Crippen LogP contribution in [0.5, 0.6) is 11.6 Å². The molecule has 0 bridgehead atoms. The van der Waals surface area contributed by atoms with E-state index in [1.165, 1.54) is 6.33 Å². The molecule has 1 atom stereocenters. The molecule has 1 aromatic carbocycles. The van der Waals surface area contributed by atoms with Crippen molar-refractivity contribution >= 4 is 0 Å². The number of hydrogen-bond acceptors (Lipinski definition) is 6. The minimum Gasteiger partial charge on any atom is -0.491 e. The van der Waals surface area contributed by atoms with Gasteiger partial charge in [0.05, 0.1) is 12.8 Å². The van der Waals surface area contributed by atoms with Crippen LogP contribution in [0, 0.1) is 0 Å². The van der Waals surface area contributed by atoms with Gasteiger partial charge in [0.2, 0.25) is 5.88 Å². The number of β-amino-alcohol motifs (C(OH)–C–C–N with tert-alkyl or cyclic N) is 1. The zero-order chi connectivity index (χ0) is 16.1. The molecular weight excluding hydrogens is 294 g/mol. The minimum absolute atomic E-state index is 0.274. The van der Waals surface area contributed by atoms with Crippen molar-refractivity contribution in [2.24, 2.45) is 0 Å². The average molecular weight is 315 g/mol. The molecule has 122 valence electrons. The van der Waals surface area contributed by atoms with Crippen LogP contribution in [-0.4, -0.2) is 52.9 Å². The number of rotatable bonds is 6. The van der Waals surface area contributed by atoms with E-state index in [4.69, 9.17) is 9.47 Å². The van der Waals surface area contributed by atoms with Gasteiger partial charge in [0.25, 0.3) is 0 Å². The molecular formula is C17H21N3O3. The van der Waals surface area contributed by atoms with Crippen molar-refractivity contribution in [3.63, 3.8) is 0 Å². The van der Waals surface area contributed by atoms with Crippen molar-refractivity contribution in [3.8, 4) is 11.6 Å². The summed E-state index contributed by atoms with van der Waals surface area (Å²) in [5.74, 6) is 1.39. The van der Waals surface area contributed by atoms with Crippen LogP contribution < -0.4 is 9.47 Å². The number of ether oxygens (including phenoxy) is 2. The lowest BCUT2D eigenvalue weighted by atomic mass is 10.1. The summed E-state index contributed by atoms with van der Waals surface area (Å²) in [5, 5.41) is 10.2. The Hall–Kier alpha value is -2.18. The first-order valence-electron chi connectivity index (χ1n) is 7.71. The molecule has 3 rings (SSSR count). The van der Waals surface area contributed by atoms with Crippen molar-refractivity contribution < 1.29 is 14.6 Å². The number of fused-ring (bicyclic) bond motifs is 1. The molecule has 6 nitrogen and oxygen atoms in total. The molecule has 2 aromatic rings. The summed E-state index contributed by atoms with van der Waals surface area (Å²) >= 11 is 0. The normalized spacial score (nSPS) is 15.7. The van der Waals surface area contributed by atoms with Gasteiger partial charge in [0.15, 0.2) is 0 Å². The summed E-state index contributed by atoms with van der Waals surface area (Å²) in [5.41, 5.74) is 2.04. The quantitative estimate of drug-likeness (QED) is 0.866. The number of aliphatic hydroxyl groups excluding tert-OH is 1. The second kappa shape index (κ2) is 7.39. The Morgan fingerprint density at radius 1 is 1.26 bits per heavy atom. The van der Waals surface area contributed by atoms with Crippen LogP contribution >= 0.6 is 0 Å². The smallest absolute Gasteiger partial charge is 0.220 e. The molecule has 1 aromatic heterocycles. The zero-order valence-electron chi connectivity index (χ0n) is 13.2. The highest BCUT2D eigenvalue weighted by atomic mass is 16.5. The zero-order valence-corrected chi connectivity index (χ0v) is 13.2. The van der Waals surface area contributed by atoms with E-state index in [1.54, 1.807) is 7.11 Å². The first-order valence-corrected chi connectivity index (χ1v) is 7.71.